The van der Waals surface area contributed by atoms with Gasteiger partial charge in [0, 0.05) is 11.9 Å². The third-order valence-corrected chi connectivity index (χ3v) is 5.35. The molecule has 152 valence electrons. The van der Waals surface area contributed by atoms with Crippen LogP contribution < -0.4 is 14.8 Å². The Bertz CT molecular complexity index is 951. The SMILES string of the molecule is COc1ccc(C)cc1CCNC(=O)Cc1csc(COc2ccc(C)cc2)n1. The average Bonchev–Trinajstić information content (AvgIpc) is 3.15. The Kier molecular flexibility index (Phi) is 7.25. The van der Waals surface area contributed by atoms with Gasteiger partial charge in [-0.3, -0.25) is 4.79 Å². The van der Waals surface area contributed by atoms with E-state index in [-0.39, 0.29) is 12.3 Å². The lowest BCUT2D eigenvalue weighted by atomic mass is 10.1. The summed E-state index contributed by atoms with van der Waals surface area (Å²) in [6, 6.07) is 14.0. The molecule has 1 amide bonds. The van der Waals surface area contributed by atoms with Crippen LogP contribution in [0.3, 0.4) is 0 Å². The van der Waals surface area contributed by atoms with Gasteiger partial charge >= 0.3 is 0 Å². The van der Waals surface area contributed by atoms with Crippen LogP contribution in [0.5, 0.6) is 11.5 Å². The molecule has 0 atom stereocenters. The summed E-state index contributed by atoms with van der Waals surface area (Å²) in [7, 11) is 1.66. The van der Waals surface area contributed by atoms with Crippen molar-refractivity contribution in [1.82, 2.24) is 10.3 Å². The number of rotatable bonds is 9. The summed E-state index contributed by atoms with van der Waals surface area (Å²) in [5.74, 6) is 1.63. The number of carbonyl (C=O) groups is 1. The maximum absolute atomic E-state index is 12.2. The smallest absolute Gasteiger partial charge is 0.226 e. The van der Waals surface area contributed by atoms with Gasteiger partial charge in [-0.2, -0.15) is 0 Å². The summed E-state index contributed by atoms with van der Waals surface area (Å²) >= 11 is 1.51. The van der Waals surface area contributed by atoms with Gasteiger partial charge in [0.05, 0.1) is 19.2 Å². The number of nitrogens with zero attached hydrogens (tertiary/aromatic N) is 1. The van der Waals surface area contributed by atoms with E-state index in [4.69, 9.17) is 9.47 Å². The Morgan fingerprint density at radius 1 is 1.10 bits per heavy atom. The molecule has 0 bridgehead atoms. The van der Waals surface area contributed by atoms with E-state index >= 15 is 0 Å². The first-order chi connectivity index (χ1) is 14.0. The van der Waals surface area contributed by atoms with Crippen molar-refractivity contribution in [1.29, 1.82) is 0 Å². The van der Waals surface area contributed by atoms with Gasteiger partial charge in [0.15, 0.2) is 0 Å². The highest BCUT2D eigenvalue weighted by atomic mass is 32.1. The van der Waals surface area contributed by atoms with Crippen molar-refractivity contribution < 1.29 is 14.3 Å². The molecule has 0 fully saturated rings. The second-order valence-electron chi connectivity index (χ2n) is 6.93. The Balaban J connectivity index is 1.44. The van der Waals surface area contributed by atoms with Crippen LogP contribution >= 0.6 is 11.3 Å². The number of carbonyl (C=O) groups excluding carboxylic acids is 1. The van der Waals surface area contributed by atoms with Crippen molar-refractivity contribution in [2.24, 2.45) is 0 Å². The van der Waals surface area contributed by atoms with E-state index in [1.54, 1.807) is 7.11 Å². The maximum atomic E-state index is 12.2. The zero-order chi connectivity index (χ0) is 20.6. The summed E-state index contributed by atoms with van der Waals surface area (Å²) in [6.07, 6.45) is 0.995. The number of hydrogen-bond donors (Lipinski definition) is 1. The van der Waals surface area contributed by atoms with Crippen molar-refractivity contribution in [2.75, 3.05) is 13.7 Å². The molecule has 0 saturated heterocycles. The summed E-state index contributed by atoms with van der Waals surface area (Å²) in [5, 5.41) is 5.73. The molecule has 1 N–H and O–H groups in total. The van der Waals surface area contributed by atoms with Crippen molar-refractivity contribution in [2.45, 2.75) is 33.3 Å². The van der Waals surface area contributed by atoms with Crippen LogP contribution in [0.1, 0.15) is 27.4 Å². The van der Waals surface area contributed by atoms with E-state index in [1.165, 1.54) is 22.5 Å². The molecule has 1 heterocycles. The molecule has 6 heteroatoms. The maximum Gasteiger partial charge on any atom is 0.226 e. The molecule has 29 heavy (non-hydrogen) atoms. The molecule has 0 aliphatic carbocycles. The average molecular weight is 411 g/mol. The van der Waals surface area contributed by atoms with Gasteiger partial charge in [0.2, 0.25) is 5.91 Å². The van der Waals surface area contributed by atoms with Crippen molar-refractivity contribution in [3.8, 4) is 11.5 Å². The highest BCUT2D eigenvalue weighted by molar-refractivity contribution is 7.09. The van der Waals surface area contributed by atoms with Crippen LogP contribution in [0, 0.1) is 13.8 Å². The molecule has 0 saturated carbocycles. The zero-order valence-electron chi connectivity index (χ0n) is 17.0. The van der Waals surface area contributed by atoms with E-state index in [9.17, 15) is 4.79 Å². The Morgan fingerprint density at radius 3 is 2.62 bits per heavy atom. The predicted octanol–water partition coefficient (Wildman–Crippen LogP) is 4.25. The largest absolute Gasteiger partial charge is 0.496 e. The topological polar surface area (TPSA) is 60.5 Å². The zero-order valence-corrected chi connectivity index (χ0v) is 17.8. The van der Waals surface area contributed by atoms with Gasteiger partial charge in [-0.1, -0.05) is 35.4 Å². The third-order valence-electron chi connectivity index (χ3n) is 4.48. The lowest BCUT2D eigenvalue weighted by Gasteiger charge is -2.10. The van der Waals surface area contributed by atoms with E-state index in [1.807, 2.05) is 55.6 Å². The number of thiazole rings is 1. The van der Waals surface area contributed by atoms with Gasteiger partial charge in [-0.05, 0) is 44.0 Å². The molecular formula is C23H26N2O3S. The highest BCUT2D eigenvalue weighted by Crippen LogP contribution is 2.20. The monoisotopic (exact) mass is 410 g/mol. The number of benzene rings is 2. The van der Waals surface area contributed by atoms with Gasteiger partial charge in [-0.15, -0.1) is 11.3 Å². The number of ether oxygens (including phenoxy) is 2. The molecular weight excluding hydrogens is 384 g/mol. The van der Waals surface area contributed by atoms with Crippen molar-refractivity contribution in [3.05, 3.63) is 75.2 Å². The lowest BCUT2D eigenvalue weighted by molar-refractivity contribution is -0.120. The van der Waals surface area contributed by atoms with Gasteiger partial charge in [0.25, 0.3) is 0 Å². The third kappa shape index (κ3) is 6.32. The van der Waals surface area contributed by atoms with E-state index in [0.29, 0.717) is 13.2 Å². The molecule has 3 rings (SSSR count). The van der Waals surface area contributed by atoms with Crippen LogP contribution in [-0.2, 0) is 24.2 Å². The number of aryl methyl sites for hydroxylation is 2. The minimum atomic E-state index is -0.0343. The Hall–Kier alpha value is -2.86. The quantitative estimate of drug-likeness (QED) is 0.573. The summed E-state index contributed by atoms with van der Waals surface area (Å²) in [4.78, 5) is 16.7. The standard InChI is InChI=1S/C23H26N2O3S/c1-16-4-7-20(8-5-16)28-14-23-25-19(15-29-23)13-22(26)24-11-10-18-12-17(2)6-9-21(18)27-3/h4-9,12,15H,10-11,13-14H2,1-3H3,(H,24,26). The minimum Gasteiger partial charge on any atom is -0.496 e. The van der Waals surface area contributed by atoms with E-state index < -0.39 is 0 Å². The summed E-state index contributed by atoms with van der Waals surface area (Å²) in [6.45, 7) is 5.05. The van der Waals surface area contributed by atoms with E-state index in [2.05, 4.69) is 16.4 Å². The molecule has 0 radical (unpaired) electrons. The Labute approximate surface area is 175 Å². The fraction of sp³-hybridized carbons (Fsp3) is 0.304. The van der Waals surface area contributed by atoms with Gasteiger partial charge < -0.3 is 14.8 Å². The van der Waals surface area contributed by atoms with Gasteiger partial charge in [-0.25, -0.2) is 4.98 Å². The second-order valence-corrected chi connectivity index (χ2v) is 7.87. The molecule has 0 aliphatic heterocycles. The first-order valence-corrected chi connectivity index (χ1v) is 10.4. The molecule has 3 aromatic rings. The number of hydrogen-bond acceptors (Lipinski definition) is 5. The Morgan fingerprint density at radius 2 is 1.86 bits per heavy atom. The summed E-state index contributed by atoms with van der Waals surface area (Å²) < 4.78 is 11.1. The van der Waals surface area contributed by atoms with Crippen LogP contribution in [-0.4, -0.2) is 24.5 Å². The minimum absolute atomic E-state index is 0.0343. The molecule has 1 aromatic heterocycles. The molecule has 0 unspecified atom stereocenters. The van der Waals surface area contributed by atoms with Crippen LogP contribution in [0.2, 0.25) is 0 Å². The molecule has 0 spiro atoms. The van der Waals surface area contributed by atoms with Crippen LogP contribution in [0.25, 0.3) is 0 Å². The summed E-state index contributed by atoms with van der Waals surface area (Å²) in [5.41, 5.74) is 4.23. The number of aromatic nitrogens is 1. The van der Waals surface area contributed by atoms with E-state index in [0.717, 1.165) is 34.2 Å². The molecule has 2 aromatic carbocycles. The van der Waals surface area contributed by atoms with Gasteiger partial charge in [0.1, 0.15) is 23.1 Å². The predicted molar refractivity (Wildman–Crippen MR) is 116 cm³/mol. The fourth-order valence-corrected chi connectivity index (χ4v) is 3.65. The first-order valence-electron chi connectivity index (χ1n) is 9.56. The number of methoxy groups -OCH3 is 1. The van der Waals surface area contributed by atoms with Crippen molar-refractivity contribution >= 4 is 17.2 Å². The van der Waals surface area contributed by atoms with Crippen molar-refractivity contribution in [3.63, 3.8) is 0 Å². The number of amides is 1. The highest BCUT2D eigenvalue weighted by Gasteiger charge is 2.09. The number of nitrogens with one attached hydrogen (secondary N) is 1. The van der Waals surface area contributed by atoms with Crippen LogP contribution in [0.15, 0.2) is 47.8 Å². The second kappa shape index (κ2) is 10.1. The first kappa shape index (κ1) is 20.9. The normalized spacial score (nSPS) is 10.6. The lowest BCUT2D eigenvalue weighted by Crippen LogP contribution is -2.27. The molecule has 0 aliphatic rings. The molecule has 5 nitrogen and oxygen atoms in total. The fourth-order valence-electron chi connectivity index (χ4n) is 2.94. The van der Waals surface area contributed by atoms with Crippen LogP contribution in [0.4, 0.5) is 0 Å².